The van der Waals surface area contributed by atoms with E-state index in [1.807, 2.05) is 0 Å². The van der Waals surface area contributed by atoms with E-state index in [0.717, 1.165) is 0 Å². The van der Waals surface area contributed by atoms with Crippen molar-refractivity contribution >= 4 is 11.9 Å². The summed E-state index contributed by atoms with van der Waals surface area (Å²) < 4.78 is 12.8. The van der Waals surface area contributed by atoms with Gasteiger partial charge in [-0.25, -0.2) is 4.39 Å². The maximum absolute atomic E-state index is 12.8. The average molecular weight is 266 g/mol. The average Bonchev–Trinajstić information content (AvgIpc) is 2.38. The fraction of sp³-hybridized carbons (Fsp3) is 0.385. The molecule has 19 heavy (non-hydrogen) atoms. The third-order valence-corrected chi connectivity index (χ3v) is 3.21. The van der Waals surface area contributed by atoms with Crippen LogP contribution in [0.2, 0.25) is 0 Å². The lowest BCUT2D eigenvalue weighted by atomic mass is 9.94. The maximum atomic E-state index is 12.8. The molecule has 1 fully saturated rings. The monoisotopic (exact) mass is 266 g/mol. The second-order valence-electron chi connectivity index (χ2n) is 4.75. The fourth-order valence-electron chi connectivity index (χ4n) is 2.26. The summed E-state index contributed by atoms with van der Waals surface area (Å²) in [5, 5.41) is 9.02. The van der Waals surface area contributed by atoms with Gasteiger partial charge in [-0.05, 0) is 30.7 Å². The Bertz CT molecular complexity index is 489. The van der Waals surface area contributed by atoms with Crippen LogP contribution < -0.4 is 5.73 Å². The van der Waals surface area contributed by atoms with Gasteiger partial charge < -0.3 is 15.7 Å². The summed E-state index contributed by atoms with van der Waals surface area (Å²) in [7, 11) is 0. The number of carbonyl (C=O) groups is 2. The van der Waals surface area contributed by atoms with Crippen molar-refractivity contribution in [1.29, 1.82) is 0 Å². The number of nitrogens with zero attached hydrogens (tertiary/aromatic N) is 1. The standard InChI is InChI=1S/C13H15FN2O3/c14-10-3-1-8(2-4-10)12(17)16-6-9(13(18)19)5-11(15)7-16/h1-4,9,11H,5-7,15H2,(H,18,19). The van der Waals surface area contributed by atoms with Crippen molar-refractivity contribution in [1.82, 2.24) is 4.90 Å². The number of amides is 1. The number of halogens is 1. The normalized spacial score (nSPS) is 23.2. The largest absolute Gasteiger partial charge is 0.481 e. The molecule has 1 saturated heterocycles. The van der Waals surface area contributed by atoms with Crippen molar-refractivity contribution in [2.45, 2.75) is 12.5 Å². The third-order valence-electron chi connectivity index (χ3n) is 3.21. The minimum absolute atomic E-state index is 0.138. The van der Waals surface area contributed by atoms with Crippen LogP contribution in [0.3, 0.4) is 0 Å². The quantitative estimate of drug-likeness (QED) is 0.825. The van der Waals surface area contributed by atoms with Gasteiger partial charge in [-0.15, -0.1) is 0 Å². The van der Waals surface area contributed by atoms with Gasteiger partial charge in [0.05, 0.1) is 5.92 Å². The van der Waals surface area contributed by atoms with E-state index >= 15 is 0 Å². The number of piperidine rings is 1. The third kappa shape index (κ3) is 3.08. The number of rotatable bonds is 2. The summed E-state index contributed by atoms with van der Waals surface area (Å²) in [6.45, 7) is 0.458. The van der Waals surface area contributed by atoms with E-state index in [1.54, 1.807) is 0 Å². The number of likely N-dealkylation sites (tertiary alicyclic amines) is 1. The first-order valence-electron chi connectivity index (χ1n) is 6.00. The highest BCUT2D eigenvalue weighted by Crippen LogP contribution is 2.18. The summed E-state index contributed by atoms with van der Waals surface area (Å²) in [6, 6.07) is 4.82. The number of hydrogen-bond acceptors (Lipinski definition) is 3. The van der Waals surface area contributed by atoms with Crippen LogP contribution in [-0.2, 0) is 4.79 Å². The Labute approximate surface area is 109 Å². The van der Waals surface area contributed by atoms with Crippen LogP contribution in [0.1, 0.15) is 16.8 Å². The first-order chi connectivity index (χ1) is 8.97. The van der Waals surface area contributed by atoms with Crippen LogP contribution in [0.4, 0.5) is 4.39 Å². The highest BCUT2D eigenvalue weighted by atomic mass is 19.1. The lowest BCUT2D eigenvalue weighted by Gasteiger charge is -2.34. The molecule has 1 heterocycles. The second-order valence-corrected chi connectivity index (χ2v) is 4.75. The number of carboxylic acids is 1. The van der Waals surface area contributed by atoms with Crippen LogP contribution in [-0.4, -0.2) is 41.0 Å². The first kappa shape index (κ1) is 13.5. The van der Waals surface area contributed by atoms with Crippen molar-refractivity contribution < 1.29 is 19.1 Å². The molecule has 0 aromatic heterocycles. The summed E-state index contributed by atoms with van der Waals surface area (Å²) >= 11 is 0. The summed E-state index contributed by atoms with van der Waals surface area (Å²) in [5.41, 5.74) is 6.11. The smallest absolute Gasteiger partial charge is 0.308 e. The van der Waals surface area contributed by atoms with Gasteiger partial charge in [0.1, 0.15) is 5.82 Å². The van der Waals surface area contributed by atoms with Crippen molar-refractivity contribution in [3.05, 3.63) is 35.6 Å². The number of benzene rings is 1. The van der Waals surface area contributed by atoms with E-state index < -0.39 is 17.7 Å². The Kier molecular flexibility index (Phi) is 3.80. The van der Waals surface area contributed by atoms with Crippen LogP contribution in [0.5, 0.6) is 0 Å². The summed E-state index contributed by atoms with van der Waals surface area (Å²) in [6.07, 6.45) is 0.364. The molecule has 1 aliphatic rings. The van der Waals surface area contributed by atoms with E-state index in [-0.39, 0.29) is 18.5 Å². The van der Waals surface area contributed by atoms with Crippen molar-refractivity contribution in [3.8, 4) is 0 Å². The molecule has 0 saturated carbocycles. The molecule has 1 amide bonds. The number of aliphatic carboxylic acids is 1. The molecule has 2 unspecified atom stereocenters. The molecule has 6 heteroatoms. The Hall–Kier alpha value is -1.95. The molecule has 3 N–H and O–H groups in total. The fourth-order valence-corrected chi connectivity index (χ4v) is 2.26. The Morgan fingerprint density at radius 1 is 1.26 bits per heavy atom. The zero-order chi connectivity index (χ0) is 14.0. The van der Waals surface area contributed by atoms with Gasteiger partial charge in [-0.2, -0.15) is 0 Å². The highest BCUT2D eigenvalue weighted by Gasteiger charge is 2.32. The van der Waals surface area contributed by atoms with Gasteiger partial charge in [0, 0.05) is 24.7 Å². The van der Waals surface area contributed by atoms with E-state index in [0.29, 0.717) is 18.5 Å². The van der Waals surface area contributed by atoms with Crippen LogP contribution >= 0.6 is 0 Å². The molecule has 0 radical (unpaired) electrons. The number of carboxylic acid groups (broad SMARTS) is 1. The van der Waals surface area contributed by atoms with Gasteiger partial charge in [-0.3, -0.25) is 9.59 Å². The van der Waals surface area contributed by atoms with Crippen molar-refractivity contribution in [2.75, 3.05) is 13.1 Å². The van der Waals surface area contributed by atoms with Gasteiger partial charge >= 0.3 is 5.97 Å². The van der Waals surface area contributed by atoms with Crippen LogP contribution in [0.25, 0.3) is 0 Å². The van der Waals surface area contributed by atoms with E-state index in [4.69, 9.17) is 10.8 Å². The van der Waals surface area contributed by atoms with E-state index in [2.05, 4.69) is 0 Å². The number of hydrogen-bond donors (Lipinski definition) is 2. The van der Waals surface area contributed by atoms with Crippen LogP contribution in [0.15, 0.2) is 24.3 Å². The topological polar surface area (TPSA) is 83.6 Å². The molecule has 0 aliphatic carbocycles. The lowest BCUT2D eigenvalue weighted by molar-refractivity contribution is -0.143. The molecular weight excluding hydrogens is 251 g/mol. The number of nitrogens with two attached hydrogens (primary N) is 1. The van der Waals surface area contributed by atoms with Gasteiger partial charge in [0.15, 0.2) is 0 Å². The van der Waals surface area contributed by atoms with Crippen molar-refractivity contribution in [2.24, 2.45) is 11.7 Å². The molecule has 1 aromatic carbocycles. The molecule has 1 aromatic rings. The predicted octanol–water partition coefficient (Wildman–Crippen LogP) is 0.700. The molecule has 2 rings (SSSR count). The molecule has 1 aliphatic heterocycles. The molecular formula is C13H15FN2O3. The van der Waals surface area contributed by atoms with Gasteiger partial charge in [0.25, 0.3) is 5.91 Å². The van der Waals surface area contributed by atoms with Gasteiger partial charge in [0.2, 0.25) is 0 Å². The second kappa shape index (κ2) is 5.36. The zero-order valence-electron chi connectivity index (χ0n) is 10.3. The Balaban J connectivity index is 2.14. The predicted molar refractivity (Wildman–Crippen MR) is 66.0 cm³/mol. The Morgan fingerprint density at radius 2 is 1.89 bits per heavy atom. The van der Waals surface area contributed by atoms with Gasteiger partial charge in [-0.1, -0.05) is 0 Å². The molecule has 2 atom stereocenters. The Morgan fingerprint density at radius 3 is 2.47 bits per heavy atom. The summed E-state index contributed by atoms with van der Waals surface area (Å²) in [4.78, 5) is 24.6. The maximum Gasteiger partial charge on any atom is 0.308 e. The lowest BCUT2D eigenvalue weighted by Crippen LogP contribution is -2.51. The molecule has 0 spiro atoms. The minimum Gasteiger partial charge on any atom is -0.481 e. The number of carbonyl (C=O) groups excluding carboxylic acids is 1. The van der Waals surface area contributed by atoms with Crippen LogP contribution in [0, 0.1) is 11.7 Å². The SMILES string of the molecule is NC1CC(C(=O)O)CN(C(=O)c2ccc(F)cc2)C1. The van der Waals surface area contributed by atoms with E-state index in [9.17, 15) is 14.0 Å². The summed E-state index contributed by atoms with van der Waals surface area (Å²) in [5.74, 6) is -2.34. The van der Waals surface area contributed by atoms with Crippen molar-refractivity contribution in [3.63, 3.8) is 0 Å². The van der Waals surface area contributed by atoms with E-state index in [1.165, 1.54) is 29.2 Å². The minimum atomic E-state index is -0.952. The molecule has 102 valence electrons. The first-order valence-corrected chi connectivity index (χ1v) is 6.00. The molecule has 0 bridgehead atoms. The zero-order valence-corrected chi connectivity index (χ0v) is 10.3. The highest BCUT2D eigenvalue weighted by molar-refractivity contribution is 5.94. The molecule has 5 nitrogen and oxygen atoms in total.